The van der Waals surface area contributed by atoms with E-state index in [0.717, 1.165) is 84.4 Å². The van der Waals surface area contributed by atoms with E-state index in [1.165, 1.54) is 22.4 Å². The molecule has 1 unspecified atom stereocenters. The van der Waals surface area contributed by atoms with E-state index < -0.39 is 0 Å². The van der Waals surface area contributed by atoms with Gasteiger partial charge in [-0.15, -0.1) is 0 Å². The maximum Gasteiger partial charge on any atom is 0.236 e. The lowest BCUT2D eigenvalue weighted by molar-refractivity contribution is -0.133. The number of carbonyl (C=O) groups is 1. The Morgan fingerprint density at radius 3 is 2.53 bits per heavy atom. The van der Waals surface area contributed by atoms with Crippen molar-refractivity contribution in [2.75, 3.05) is 39.8 Å². The third-order valence-electron chi connectivity index (χ3n) is 7.79. The fourth-order valence-corrected chi connectivity index (χ4v) is 7.49. The smallest absolute Gasteiger partial charge is 0.236 e. The standard InChI is InChI=1S/C27H31Br2ClN4O2/c1-36-32-22-6-8-33(9-7-22)16-24(35)34-10-4-17(5-11-34)26-25-18(13-21(30)14-23(25)29)2-3-19-12-20(28)15-31-27(19)26/h12-15,17,26H,2-11,16H2,1H3. The molecule has 192 valence electrons. The summed E-state index contributed by atoms with van der Waals surface area (Å²) in [7, 11) is 1.58. The van der Waals surface area contributed by atoms with Crippen molar-refractivity contribution >= 4 is 55.1 Å². The first kappa shape index (κ1) is 26.1. The summed E-state index contributed by atoms with van der Waals surface area (Å²) in [5, 5.41) is 4.83. The van der Waals surface area contributed by atoms with Gasteiger partial charge < -0.3 is 9.74 Å². The number of aryl methyl sites for hydroxylation is 2. The Balaban J connectivity index is 1.31. The number of hydrogen-bond acceptors (Lipinski definition) is 5. The molecule has 3 aliphatic rings. The van der Waals surface area contributed by atoms with Crippen LogP contribution in [0.1, 0.15) is 54.0 Å². The van der Waals surface area contributed by atoms with Crippen molar-refractivity contribution < 1.29 is 9.63 Å². The molecule has 6 nitrogen and oxygen atoms in total. The highest BCUT2D eigenvalue weighted by molar-refractivity contribution is 9.10. The molecule has 2 aliphatic heterocycles. The average molecular weight is 639 g/mol. The minimum atomic E-state index is 0.190. The van der Waals surface area contributed by atoms with Gasteiger partial charge in [-0.25, -0.2) is 0 Å². The molecule has 0 spiro atoms. The number of benzene rings is 1. The van der Waals surface area contributed by atoms with E-state index >= 15 is 0 Å². The second-order valence-corrected chi connectivity index (χ2v) is 12.2. The van der Waals surface area contributed by atoms with Crippen molar-refractivity contribution in [2.45, 2.75) is 44.4 Å². The highest BCUT2D eigenvalue weighted by atomic mass is 79.9. The predicted molar refractivity (Wildman–Crippen MR) is 150 cm³/mol. The van der Waals surface area contributed by atoms with Crippen molar-refractivity contribution in [1.29, 1.82) is 0 Å². The van der Waals surface area contributed by atoms with E-state index in [2.05, 4.69) is 58.9 Å². The summed E-state index contributed by atoms with van der Waals surface area (Å²) in [5.74, 6) is 0.839. The summed E-state index contributed by atoms with van der Waals surface area (Å²) in [6, 6.07) is 6.35. The fraction of sp³-hybridized carbons (Fsp3) is 0.519. The summed E-state index contributed by atoms with van der Waals surface area (Å²) < 4.78 is 2.08. The van der Waals surface area contributed by atoms with Crippen molar-refractivity contribution in [3.8, 4) is 0 Å². The highest BCUT2D eigenvalue weighted by Gasteiger charge is 2.36. The largest absolute Gasteiger partial charge is 0.399 e. The van der Waals surface area contributed by atoms with Gasteiger partial charge in [0.25, 0.3) is 0 Å². The van der Waals surface area contributed by atoms with Gasteiger partial charge in [0.15, 0.2) is 0 Å². The number of pyridine rings is 1. The van der Waals surface area contributed by atoms with E-state index in [0.29, 0.717) is 12.5 Å². The molecule has 2 aromatic rings. The van der Waals surface area contributed by atoms with E-state index in [9.17, 15) is 4.79 Å². The van der Waals surface area contributed by atoms with Crippen LogP contribution >= 0.6 is 43.5 Å². The van der Waals surface area contributed by atoms with Gasteiger partial charge in [0.2, 0.25) is 5.91 Å². The minimum Gasteiger partial charge on any atom is -0.399 e. The maximum absolute atomic E-state index is 13.1. The number of rotatable bonds is 4. The molecule has 9 heteroatoms. The normalized spacial score (nSPS) is 20.9. The molecule has 36 heavy (non-hydrogen) atoms. The first-order chi connectivity index (χ1) is 17.4. The lowest BCUT2D eigenvalue weighted by Gasteiger charge is -2.38. The molecule has 1 aromatic heterocycles. The zero-order valence-electron chi connectivity index (χ0n) is 20.5. The molecule has 2 saturated heterocycles. The molecule has 0 N–H and O–H groups in total. The molecular weight excluding hydrogens is 608 g/mol. The number of halogens is 3. The van der Waals surface area contributed by atoms with Gasteiger partial charge in [0.05, 0.1) is 18.0 Å². The zero-order chi connectivity index (χ0) is 25.2. The SMILES string of the molecule is CON=C1CCN(CC(=O)N2CCC(C3c4ncc(Br)cc4CCc4cc(Cl)cc(Br)c43)CC2)CC1. The molecule has 1 aromatic carbocycles. The number of carbonyl (C=O) groups excluding carboxylic acids is 1. The molecule has 2 fully saturated rings. The van der Waals surface area contributed by atoms with E-state index in [4.69, 9.17) is 21.4 Å². The number of piperidine rings is 2. The first-order valence-corrected chi connectivity index (χ1v) is 14.6. The maximum atomic E-state index is 13.1. The Morgan fingerprint density at radius 1 is 1.08 bits per heavy atom. The van der Waals surface area contributed by atoms with Crippen molar-refractivity contribution in [1.82, 2.24) is 14.8 Å². The number of aromatic nitrogens is 1. The number of nitrogens with zero attached hydrogens (tertiary/aromatic N) is 4. The summed E-state index contributed by atoms with van der Waals surface area (Å²) in [4.78, 5) is 27.3. The number of oxime groups is 1. The molecule has 1 atom stereocenters. The van der Waals surface area contributed by atoms with Crippen molar-refractivity contribution in [3.05, 3.63) is 60.7 Å². The van der Waals surface area contributed by atoms with Crippen LogP contribution in [0, 0.1) is 5.92 Å². The molecule has 1 aliphatic carbocycles. The van der Waals surface area contributed by atoms with Gasteiger partial charge in [-0.3, -0.25) is 14.7 Å². The predicted octanol–water partition coefficient (Wildman–Crippen LogP) is 5.83. The van der Waals surface area contributed by atoms with Crippen LogP contribution in [0.4, 0.5) is 0 Å². The van der Waals surface area contributed by atoms with Crippen LogP contribution < -0.4 is 0 Å². The van der Waals surface area contributed by atoms with Crippen LogP contribution in [0.5, 0.6) is 0 Å². The van der Waals surface area contributed by atoms with E-state index in [1.807, 2.05) is 12.3 Å². The lowest BCUT2D eigenvalue weighted by atomic mass is 9.76. The summed E-state index contributed by atoms with van der Waals surface area (Å²) in [6.07, 6.45) is 7.47. The number of fused-ring (bicyclic) bond motifs is 2. The molecular formula is C27H31Br2ClN4O2. The van der Waals surface area contributed by atoms with E-state index in [-0.39, 0.29) is 11.8 Å². The molecule has 5 rings (SSSR count). The Hall–Kier alpha value is -1.48. The minimum absolute atomic E-state index is 0.190. The first-order valence-electron chi connectivity index (χ1n) is 12.6. The van der Waals surface area contributed by atoms with Crippen LogP contribution in [-0.2, 0) is 22.5 Å². The highest BCUT2D eigenvalue weighted by Crippen LogP contribution is 2.46. The van der Waals surface area contributed by atoms with Crippen molar-refractivity contribution in [2.24, 2.45) is 11.1 Å². The Kier molecular flexibility index (Phi) is 8.35. The van der Waals surface area contributed by atoms with Crippen molar-refractivity contribution in [3.63, 3.8) is 0 Å². The second-order valence-electron chi connectivity index (χ2n) is 9.97. The van der Waals surface area contributed by atoms with Crippen LogP contribution in [0.2, 0.25) is 5.02 Å². The van der Waals surface area contributed by atoms with Gasteiger partial charge in [0, 0.05) is 65.1 Å². The Labute approximate surface area is 234 Å². The number of amides is 1. The zero-order valence-corrected chi connectivity index (χ0v) is 24.4. The fourth-order valence-electron chi connectivity index (χ4n) is 5.99. The third kappa shape index (κ3) is 5.66. The second kappa shape index (κ2) is 11.5. The van der Waals surface area contributed by atoms with Crippen LogP contribution in [0.15, 0.2) is 38.5 Å². The van der Waals surface area contributed by atoms with Gasteiger partial charge in [0.1, 0.15) is 7.11 Å². The summed E-state index contributed by atoms with van der Waals surface area (Å²) >= 11 is 13.9. The van der Waals surface area contributed by atoms with E-state index in [1.54, 1.807) is 7.11 Å². The van der Waals surface area contributed by atoms with Crippen LogP contribution in [0.3, 0.4) is 0 Å². The summed E-state index contributed by atoms with van der Waals surface area (Å²) in [5.41, 5.74) is 6.17. The third-order valence-corrected chi connectivity index (χ3v) is 9.10. The Morgan fingerprint density at radius 2 is 1.81 bits per heavy atom. The molecule has 1 amide bonds. The Bertz CT molecular complexity index is 1160. The van der Waals surface area contributed by atoms with Gasteiger partial charge in [-0.2, -0.15) is 0 Å². The number of likely N-dealkylation sites (tertiary alicyclic amines) is 2. The molecule has 0 radical (unpaired) electrons. The number of hydrogen-bond donors (Lipinski definition) is 0. The van der Waals surface area contributed by atoms with Gasteiger partial charge >= 0.3 is 0 Å². The van der Waals surface area contributed by atoms with Gasteiger partial charge in [-0.05, 0) is 82.4 Å². The lowest BCUT2D eigenvalue weighted by Crippen LogP contribution is -2.46. The molecule has 0 saturated carbocycles. The quantitative estimate of drug-likeness (QED) is 0.396. The van der Waals surface area contributed by atoms with Crippen LogP contribution in [-0.4, -0.2) is 66.2 Å². The molecule has 0 bridgehead atoms. The average Bonchev–Trinajstić information content (AvgIpc) is 3.02. The molecule has 3 heterocycles. The topological polar surface area (TPSA) is 58.0 Å². The summed E-state index contributed by atoms with van der Waals surface area (Å²) in [6.45, 7) is 3.78. The van der Waals surface area contributed by atoms with Crippen LogP contribution in [0.25, 0.3) is 0 Å². The monoisotopic (exact) mass is 636 g/mol. The van der Waals surface area contributed by atoms with Gasteiger partial charge in [-0.1, -0.05) is 32.7 Å².